The van der Waals surface area contributed by atoms with Gasteiger partial charge in [0.25, 0.3) is 5.91 Å². The number of ether oxygens (including phenoxy) is 1. The Hall–Kier alpha value is -2.54. The molecule has 0 bridgehead atoms. The molecule has 3 rings (SSSR count). The van der Waals surface area contributed by atoms with Gasteiger partial charge in [0.05, 0.1) is 43.3 Å². The van der Waals surface area contributed by atoms with Gasteiger partial charge < -0.3 is 19.6 Å². The van der Waals surface area contributed by atoms with Crippen LogP contribution in [0.1, 0.15) is 37.4 Å². The van der Waals surface area contributed by atoms with Crippen LogP contribution in [0.5, 0.6) is 5.75 Å². The molecule has 182 valence electrons. The number of nitrogens with zero attached hydrogens (tertiary/aromatic N) is 1. The Balaban J connectivity index is 2.02. The molecule has 1 atom stereocenters. The van der Waals surface area contributed by atoms with Crippen LogP contribution in [0.25, 0.3) is 5.76 Å². The maximum atomic E-state index is 13.5. The van der Waals surface area contributed by atoms with E-state index in [1.165, 1.54) is 9.80 Å². The summed E-state index contributed by atoms with van der Waals surface area (Å²) in [7, 11) is 4.03. The van der Waals surface area contributed by atoms with Crippen LogP contribution in [0, 0.1) is 5.92 Å². The number of ketones is 1. The largest absolute Gasteiger partial charge is 0.872 e. The fourth-order valence-corrected chi connectivity index (χ4v) is 4.16. The van der Waals surface area contributed by atoms with E-state index < -0.39 is 23.5 Å². The summed E-state index contributed by atoms with van der Waals surface area (Å²) in [5.74, 6) is -0.932. The second kappa shape index (κ2) is 11.3. The summed E-state index contributed by atoms with van der Waals surface area (Å²) in [4.78, 5) is 28.7. The Morgan fingerprint density at radius 3 is 2.35 bits per heavy atom. The van der Waals surface area contributed by atoms with Gasteiger partial charge in [-0.2, -0.15) is 0 Å². The zero-order valence-corrected chi connectivity index (χ0v) is 21.4. The average Bonchev–Trinajstić information content (AvgIpc) is 3.04. The summed E-state index contributed by atoms with van der Waals surface area (Å²) in [6.07, 6.45) is 0.683. The maximum absolute atomic E-state index is 13.5. The van der Waals surface area contributed by atoms with Crippen LogP contribution < -0.4 is 14.7 Å². The number of carbonyl (C=O) groups is 2. The summed E-state index contributed by atoms with van der Waals surface area (Å²) < 4.78 is 5.68. The number of likely N-dealkylation sites (tertiary alicyclic amines) is 1. The number of quaternary nitrogens is 1. The van der Waals surface area contributed by atoms with Crippen molar-refractivity contribution in [3.63, 3.8) is 0 Å². The van der Waals surface area contributed by atoms with Gasteiger partial charge >= 0.3 is 0 Å². The summed E-state index contributed by atoms with van der Waals surface area (Å²) in [6, 6.07) is 10.7. The van der Waals surface area contributed by atoms with Gasteiger partial charge in [0.15, 0.2) is 0 Å². The number of halogens is 2. The maximum Gasteiger partial charge on any atom is 0.295 e. The molecule has 34 heavy (non-hydrogen) atoms. The van der Waals surface area contributed by atoms with Gasteiger partial charge in [-0.05, 0) is 41.3 Å². The molecule has 1 saturated heterocycles. The number of nitrogens with one attached hydrogen (secondary N) is 1. The summed E-state index contributed by atoms with van der Waals surface area (Å²) >= 11 is 12.3. The van der Waals surface area contributed by atoms with Crippen molar-refractivity contribution in [2.45, 2.75) is 26.3 Å². The van der Waals surface area contributed by atoms with Crippen LogP contribution in [0.3, 0.4) is 0 Å². The first-order chi connectivity index (χ1) is 16.1. The number of benzene rings is 2. The smallest absolute Gasteiger partial charge is 0.295 e. The number of hydrogen-bond acceptors (Lipinski definition) is 4. The second-order valence-electron chi connectivity index (χ2n) is 9.19. The van der Waals surface area contributed by atoms with Gasteiger partial charge in [-0.15, -0.1) is 0 Å². The lowest BCUT2D eigenvalue weighted by molar-refractivity contribution is -0.858. The minimum Gasteiger partial charge on any atom is -0.872 e. The van der Waals surface area contributed by atoms with Crippen molar-refractivity contribution in [3.8, 4) is 5.75 Å². The number of rotatable bonds is 9. The van der Waals surface area contributed by atoms with Crippen molar-refractivity contribution in [1.29, 1.82) is 0 Å². The van der Waals surface area contributed by atoms with E-state index in [0.29, 0.717) is 52.4 Å². The minimum atomic E-state index is -0.823. The molecule has 1 aliphatic heterocycles. The number of amides is 1. The molecule has 0 spiro atoms. The number of hydrogen-bond donors (Lipinski definition) is 1. The van der Waals surface area contributed by atoms with Gasteiger partial charge in [-0.1, -0.05) is 61.0 Å². The van der Waals surface area contributed by atoms with Gasteiger partial charge in [0.1, 0.15) is 5.75 Å². The van der Waals surface area contributed by atoms with Crippen molar-refractivity contribution in [3.05, 3.63) is 69.2 Å². The van der Waals surface area contributed by atoms with Crippen molar-refractivity contribution in [1.82, 2.24) is 4.90 Å². The third kappa shape index (κ3) is 5.93. The highest BCUT2D eigenvalue weighted by Crippen LogP contribution is 2.40. The summed E-state index contributed by atoms with van der Waals surface area (Å²) in [5, 5.41) is 14.2. The van der Waals surface area contributed by atoms with E-state index in [9.17, 15) is 14.7 Å². The lowest BCUT2D eigenvalue weighted by Crippen LogP contribution is -3.05. The molecular weight excluding hydrogens is 475 g/mol. The van der Waals surface area contributed by atoms with E-state index >= 15 is 0 Å². The molecule has 1 fully saturated rings. The van der Waals surface area contributed by atoms with Gasteiger partial charge in [0, 0.05) is 18.5 Å². The van der Waals surface area contributed by atoms with Crippen LogP contribution in [-0.2, 0) is 9.59 Å². The van der Waals surface area contributed by atoms with Crippen LogP contribution in [-0.4, -0.2) is 50.4 Å². The van der Waals surface area contributed by atoms with E-state index in [0.717, 1.165) is 6.54 Å². The molecule has 0 saturated carbocycles. The normalized spacial score (nSPS) is 17.8. The predicted molar refractivity (Wildman–Crippen MR) is 132 cm³/mol. The lowest BCUT2D eigenvalue weighted by atomic mass is 9.95. The molecule has 1 N–H and O–H groups in total. The molecule has 8 heteroatoms. The zero-order chi connectivity index (χ0) is 25.0. The molecule has 1 unspecified atom stereocenters. The third-order valence-corrected chi connectivity index (χ3v) is 6.30. The summed E-state index contributed by atoms with van der Waals surface area (Å²) in [6.45, 7) is 5.81. The standard InChI is InChI=1S/C26H30Cl2N2O4/c1-16(2)15-34-19-9-6-17(7-10-19)24(31)22-23(18-8-11-20(27)21(28)14-18)30(26(33)25(22)32)13-5-12-29(3)4/h6-11,14,16,23,31H,5,12-13,15H2,1-4H3. The Labute approximate surface area is 210 Å². The Kier molecular flexibility index (Phi) is 8.63. The Morgan fingerprint density at radius 1 is 1.09 bits per heavy atom. The molecular formula is C26H30Cl2N2O4. The molecule has 1 aliphatic rings. The number of carbonyl (C=O) groups excluding carboxylic acids is 2. The lowest BCUT2D eigenvalue weighted by Gasteiger charge is -2.28. The SMILES string of the molecule is CC(C)COc1ccc(C([O-])=C2C(=O)C(=O)N(CCC[NH+](C)C)C2c2ccc(Cl)c(Cl)c2)cc1. The summed E-state index contributed by atoms with van der Waals surface area (Å²) in [5.41, 5.74) is 0.820. The highest BCUT2D eigenvalue weighted by molar-refractivity contribution is 6.46. The van der Waals surface area contributed by atoms with Crippen molar-refractivity contribution >= 4 is 40.7 Å². The molecule has 6 nitrogen and oxygen atoms in total. The first-order valence-corrected chi connectivity index (χ1v) is 12.1. The monoisotopic (exact) mass is 504 g/mol. The van der Waals surface area contributed by atoms with Crippen molar-refractivity contribution < 1.29 is 24.3 Å². The number of Topliss-reactive ketones (excluding diaryl/α,β-unsaturated/α-hetero) is 1. The first kappa shape index (κ1) is 26.1. The zero-order valence-electron chi connectivity index (χ0n) is 19.9. The average molecular weight is 505 g/mol. The second-order valence-corrected chi connectivity index (χ2v) is 10.0. The molecule has 2 aromatic rings. The molecule has 1 amide bonds. The Morgan fingerprint density at radius 2 is 1.76 bits per heavy atom. The quantitative estimate of drug-likeness (QED) is 0.323. The molecule has 0 aliphatic carbocycles. The fourth-order valence-electron chi connectivity index (χ4n) is 3.85. The van der Waals surface area contributed by atoms with Crippen LogP contribution in [0.4, 0.5) is 0 Å². The minimum absolute atomic E-state index is 0.0727. The van der Waals surface area contributed by atoms with E-state index in [4.69, 9.17) is 27.9 Å². The van der Waals surface area contributed by atoms with Gasteiger partial charge in [-0.25, -0.2) is 0 Å². The molecule has 2 aromatic carbocycles. The van der Waals surface area contributed by atoms with Crippen LogP contribution in [0.2, 0.25) is 10.0 Å². The van der Waals surface area contributed by atoms with Crippen molar-refractivity contribution in [2.75, 3.05) is 33.8 Å². The fraction of sp³-hybridized carbons (Fsp3) is 0.385. The van der Waals surface area contributed by atoms with E-state index in [1.54, 1.807) is 42.5 Å². The van der Waals surface area contributed by atoms with E-state index in [-0.39, 0.29) is 5.57 Å². The van der Waals surface area contributed by atoms with Crippen LogP contribution in [0.15, 0.2) is 48.0 Å². The Bertz CT molecular complexity index is 1080. The molecule has 1 heterocycles. The highest BCUT2D eigenvalue weighted by atomic mass is 35.5. The van der Waals surface area contributed by atoms with Crippen LogP contribution >= 0.6 is 23.2 Å². The predicted octanol–water partition coefficient (Wildman–Crippen LogP) is 2.79. The highest BCUT2D eigenvalue weighted by Gasteiger charge is 2.44. The topological polar surface area (TPSA) is 74.1 Å². The first-order valence-electron chi connectivity index (χ1n) is 11.3. The van der Waals surface area contributed by atoms with Gasteiger partial charge in [0.2, 0.25) is 5.78 Å². The van der Waals surface area contributed by atoms with Gasteiger partial charge in [-0.3, -0.25) is 9.59 Å². The molecule has 0 aromatic heterocycles. The van der Waals surface area contributed by atoms with E-state index in [1.807, 2.05) is 27.9 Å². The molecule has 0 radical (unpaired) electrons. The van der Waals surface area contributed by atoms with Crippen molar-refractivity contribution in [2.24, 2.45) is 5.92 Å². The third-order valence-electron chi connectivity index (χ3n) is 5.56. The van der Waals surface area contributed by atoms with E-state index in [2.05, 4.69) is 0 Å².